The summed E-state index contributed by atoms with van der Waals surface area (Å²) in [5, 5.41) is 54.8. The summed E-state index contributed by atoms with van der Waals surface area (Å²) in [6.45, 7) is 3.68. The zero-order valence-corrected chi connectivity index (χ0v) is 39.8. The van der Waals surface area contributed by atoms with Crippen LogP contribution in [0, 0.1) is 70.5 Å². The van der Waals surface area contributed by atoms with Crippen molar-refractivity contribution in [2.24, 2.45) is 0 Å². The molecule has 0 N–H and O–H groups in total. The molecule has 9 aromatic carbocycles. The van der Waals surface area contributed by atoms with Crippen LogP contribution in [0.3, 0.4) is 0 Å². The Kier molecular flexibility index (Phi) is 10.6. The number of fused-ring (bicyclic) bond motifs is 6. The summed E-state index contributed by atoms with van der Waals surface area (Å²) in [5.74, 6) is 1.41. The lowest BCUT2D eigenvalue weighted by atomic mass is 10.0. The number of nitrogens with zero attached hydrogens (tertiary/aromatic N) is 10. The van der Waals surface area contributed by atoms with Gasteiger partial charge in [-0.25, -0.2) is 15.0 Å². The third kappa shape index (κ3) is 7.52. The number of aryl methyl sites for hydroxylation is 2. The molecule has 0 saturated heterocycles. The van der Waals surface area contributed by atoms with E-state index in [1.807, 2.05) is 98.8 Å². The van der Waals surface area contributed by atoms with Crippen molar-refractivity contribution < 1.29 is 0 Å². The van der Waals surface area contributed by atoms with E-state index in [1.54, 1.807) is 24.3 Å². The molecule has 3 aromatic heterocycles. The molecule has 342 valence electrons. The molecule has 3 heterocycles. The third-order valence-corrected chi connectivity index (χ3v) is 13.6. The fourth-order valence-electron chi connectivity index (χ4n) is 10.3. The lowest BCUT2D eigenvalue weighted by Gasteiger charge is -2.20. The van der Waals surface area contributed by atoms with E-state index in [-0.39, 0.29) is 0 Å². The molecule has 0 fully saturated rings. The van der Waals surface area contributed by atoms with Crippen LogP contribution in [-0.2, 0) is 0 Å². The van der Waals surface area contributed by atoms with Crippen molar-refractivity contribution in [2.75, 3.05) is 0 Å². The minimum absolute atomic E-state index is 0.373. The lowest BCUT2D eigenvalue weighted by Crippen LogP contribution is -2.08. The van der Waals surface area contributed by atoms with E-state index < -0.39 is 0 Å². The average Bonchev–Trinajstić information content (AvgIpc) is 3.95. The molecule has 12 aromatic rings. The maximum Gasteiger partial charge on any atom is 0.167 e. The van der Waals surface area contributed by atoms with Gasteiger partial charge in [-0.1, -0.05) is 97.1 Å². The summed E-state index contributed by atoms with van der Waals surface area (Å²) < 4.78 is 4.36. The van der Waals surface area contributed by atoms with Gasteiger partial charge in [0, 0.05) is 21.5 Å². The highest BCUT2D eigenvalue weighted by atomic mass is 15.1. The summed E-state index contributed by atoms with van der Waals surface area (Å²) >= 11 is 0. The molecule has 0 spiro atoms. The van der Waals surface area contributed by atoms with E-state index in [0.29, 0.717) is 62.2 Å². The lowest BCUT2D eigenvalue weighted by molar-refractivity contribution is 0.924. The monoisotopic (exact) mass is 944 g/mol. The van der Waals surface area contributed by atoms with E-state index in [9.17, 15) is 26.3 Å². The first kappa shape index (κ1) is 44.3. The van der Waals surface area contributed by atoms with Gasteiger partial charge in [-0.05, 0) is 143 Å². The molecule has 0 aliphatic rings. The first-order chi connectivity index (χ1) is 36.2. The number of aromatic nitrogens is 5. The Morgan fingerprint density at radius 2 is 0.595 bits per heavy atom. The summed E-state index contributed by atoms with van der Waals surface area (Å²) in [4.78, 5) is 14.8. The Labute approximate surface area is 425 Å². The summed E-state index contributed by atoms with van der Waals surface area (Å²) in [6, 6.07) is 70.7. The molecule has 0 atom stereocenters. The van der Waals surface area contributed by atoms with Gasteiger partial charge in [0.2, 0.25) is 0 Å². The smallest absolute Gasteiger partial charge is 0.167 e. The predicted molar refractivity (Wildman–Crippen MR) is 289 cm³/mol. The van der Waals surface area contributed by atoms with E-state index >= 15 is 0 Å². The van der Waals surface area contributed by atoms with Crippen LogP contribution in [0.15, 0.2) is 182 Å². The highest BCUT2D eigenvalue weighted by molar-refractivity contribution is 6.14. The van der Waals surface area contributed by atoms with E-state index in [2.05, 4.69) is 117 Å². The zero-order valence-electron chi connectivity index (χ0n) is 39.8. The number of nitriles is 5. The highest BCUT2D eigenvalue weighted by Crippen LogP contribution is 2.45. The molecule has 0 unspecified atom stereocenters. The first-order valence-corrected chi connectivity index (χ1v) is 23.7. The molecule has 0 aliphatic heterocycles. The van der Waals surface area contributed by atoms with Crippen LogP contribution in [0.2, 0.25) is 0 Å². The summed E-state index contributed by atoms with van der Waals surface area (Å²) in [7, 11) is 0. The van der Waals surface area contributed by atoms with Crippen LogP contribution >= 0.6 is 0 Å². The average molecular weight is 945 g/mol. The molecular weight excluding hydrogens is 909 g/mol. The van der Waals surface area contributed by atoms with Crippen LogP contribution in [0.25, 0.3) is 111 Å². The Hall–Kier alpha value is -11.0. The summed E-state index contributed by atoms with van der Waals surface area (Å²) in [5.41, 5.74) is 14.7. The molecule has 0 bridgehead atoms. The quantitative estimate of drug-likeness (QED) is 0.152. The largest absolute Gasteiger partial charge is 0.308 e. The van der Waals surface area contributed by atoms with Crippen molar-refractivity contribution in [3.63, 3.8) is 0 Å². The van der Waals surface area contributed by atoms with Gasteiger partial charge in [-0.15, -0.1) is 0 Å². The van der Waals surface area contributed by atoms with Gasteiger partial charge < -0.3 is 9.13 Å². The molecular formula is C64H36N10. The standard InChI is InChI=1S/C64H36N10/c1-38-70-39(2)72-64(71-38)63-61(73-57-29-49(45-11-3-7-40(23-45)33-65)15-19-53(57)54-20-16-50(30-58(54)73)46-12-4-8-41(24-46)34-66)27-44(37-69)28-62(63)74-59-31-51(47-13-5-9-42(25-47)35-67)17-21-55(59)56-22-18-52(32-60(56)74)48-14-6-10-43(26-48)36-68/h3-32H,1-2H3. The van der Waals surface area contributed by atoms with Crippen molar-refractivity contribution >= 4 is 43.6 Å². The van der Waals surface area contributed by atoms with E-state index in [0.717, 1.165) is 88.1 Å². The summed E-state index contributed by atoms with van der Waals surface area (Å²) in [6.07, 6.45) is 0. The second-order valence-corrected chi connectivity index (χ2v) is 18.1. The minimum atomic E-state index is 0.373. The number of benzene rings is 9. The van der Waals surface area contributed by atoms with Gasteiger partial charge in [0.1, 0.15) is 11.6 Å². The number of rotatable bonds is 7. The highest BCUT2D eigenvalue weighted by Gasteiger charge is 2.26. The normalized spacial score (nSPS) is 11.0. The van der Waals surface area contributed by atoms with Gasteiger partial charge in [-0.2, -0.15) is 26.3 Å². The Morgan fingerprint density at radius 1 is 0.311 bits per heavy atom. The SMILES string of the molecule is Cc1nc(C)nc(-c2c(-n3c4cc(-c5cccc(C#N)c5)ccc4c4ccc(-c5cccc(C#N)c5)cc43)cc(C#N)cc2-n2c3cc(-c4cccc(C#N)c4)ccc3c3ccc(-c4cccc(C#N)c4)cc32)n1. The van der Waals surface area contributed by atoms with Gasteiger partial charge in [0.15, 0.2) is 5.82 Å². The second-order valence-electron chi connectivity index (χ2n) is 18.1. The van der Waals surface area contributed by atoms with Crippen molar-refractivity contribution in [3.05, 3.63) is 221 Å². The fraction of sp³-hybridized carbons (Fsp3) is 0.0312. The van der Waals surface area contributed by atoms with Crippen molar-refractivity contribution in [1.29, 1.82) is 26.3 Å². The van der Waals surface area contributed by atoms with Gasteiger partial charge in [-0.3, -0.25) is 0 Å². The molecule has 74 heavy (non-hydrogen) atoms. The topological polar surface area (TPSA) is 167 Å². The van der Waals surface area contributed by atoms with Crippen LogP contribution < -0.4 is 0 Å². The van der Waals surface area contributed by atoms with E-state index in [4.69, 9.17) is 9.97 Å². The van der Waals surface area contributed by atoms with Crippen molar-refractivity contribution in [3.8, 4) is 97.6 Å². The number of hydrogen-bond donors (Lipinski definition) is 0. The van der Waals surface area contributed by atoms with Gasteiger partial charge in [0.25, 0.3) is 0 Å². The maximum absolute atomic E-state index is 11.2. The minimum Gasteiger partial charge on any atom is -0.308 e. The van der Waals surface area contributed by atoms with Crippen LogP contribution in [0.1, 0.15) is 39.5 Å². The molecule has 0 aliphatic carbocycles. The van der Waals surface area contributed by atoms with Crippen LogP contribution in [-0.4, -0.2) is 24.1 Å². The Balaban J connectivity index is 1.25. The molecule has 10 nitrogen and oxygen atoms in total. The molecule has 12 rings (SSSR count). The van der Waals surface area contributed by atoms with Crippen molar-refractivity contribution in [1.82, 2.24) is 24.1 Å². The predicted octanol–water partition coefficient (Wildman–Crippen LogP) is 14.4. The third-order valence-electron chi connectivity index (χ3n) is 13.6. The zero-order chi connectivity index (χ0) is 50.6. The molecule has 10 heteroatoms. The Bertz CT molecular complexity index is 4090. The van der Waals surface area contributed by atoms with Crippen molar-refractivity contribution in [2.45, 2.75) is 13.8 Å². The second kappa shape index (κ2) is 17.8. The van der Waals surface area contributed by atoms with Gasteiger partial charge in [0.05, 0.1) is 97.2 Å². The molecule has 0 amide bonds. The number of hydrogen-bond acceptors (Lipinski definition) is 8. The van der Waals surface area contributed by atoms with Crippen LogP contribution in [0.4, 0.5) is 0 Å². The van der Waals surface area contributed by atoms with Gasteiger partial charge >= 0.3 is 0 Å². The molecule has 0 radical (unpaired) electrons. The molecule has 0 saturated carbocycles. The maximum atomic E-state index is 11.2. The fourth-order valence-corrected chi connectivity index (χ4v) is 10.3. The Morgan fingerprint density at radius 3 is 0.878 bits per heavy atom. The van der Waals surface area contributed by atoms with Crippen LogP contribution in [0.5, 0.6) is 0 Å². The van der Waals surface area contributed by atoms with E-state index in [1.165, 1.54) is 0 Å². The first-order valence-electron chi connectivity index (χ1n) is 23.7.